The molecule has 1 atom stereocenters. The van der Waals surface area contributed by atoms with Crippen molar-refractivity contribution in [2.45, 2.75) is 24.4 Å². The molecule has 0 radical (unpaired) electrons. The van der Waals surface area contributed by atoms with E-state index in [1.165, 1.54) is 6.26 Å². The maximum Gasteiger partial charge on any atom is 0.315 e. The van der Waals surface area contributed by atoms with E-state index < -0.39 is 9.84 Å². The second-order valence-electron chi connectivity index (χ2n) is 5.12. The molecule has 1 unspecified atom stereocenters. The molecule has 2 N–H and O–H groups in total. The van der Waals surface area contributed by atoms with Gasteiger partial charge in [0.2, 0.25) is 0 Å². The molecule has 5 nitrogen and oxygen atoms in total. The fourth-order valence-corrected chi connectivity index (χ4v) is 3.97. The normalized spacial score (nSPS) is 12.7. The Morgan fingerprint density at radius 2 is 1.96 bits per heavy atom. The molecule has 2 aromatic rings. The Balaban J connectivity index is 1.90. The number of amides is 2. The molecule has 2 rings (SSSR count). The van der Waals surface area contributed by atoms with Crippen molar-refractivity contribution in [1.82, 2.24) is 10.6 Å². The number of carbonyl (C=O) groups is 1. The highest BCUT2D eigenvalue weighted by Gasteiger charge is 2.12. The number of halogens is 1. The van der Waals surface area contributed by atoms with Crippen LogP contribution in [0.15, 0.2) is 45.1 Å². The first-order chi connectivity index (χ1) is 10.8. The Hall–Kier alpha value is -1.38. The van der Waals surface area contributed by atoms with Gasteiger partial charge in [-0.2, -0.15) is 0 Å². The number of urea groups is 1. The lowest BCUT2D eigenvalue weighted by molar-refractivity contribution is 0.237. The lowest BCUT2D eigenvalue weighted by Crippen LogP contribution is -2.36. The first-order valence-electron chi connectivity index (χ1n) is 6.83. The maximum atomic E-state index is 11.9. The van der Waals surface area contributed by atoms with Crippen LogP contribution in [-0.4, -0.2) is 20.7 Å². The van der Waals surface area contributed by atoms with Gasteiger partial charge in [-0.3, -0.25) is 0 Å². The molecule has 0 aliphatic rings. The maximum absolute atomic E-state index is 11.9. The Morgan fingerprint density at radius 3 is 2.48 bits per heavy atom. The second-order valence-corrected chi connectivity index (χ2v) is 9.05. The second kappa shape index (κ2) is 7.46. The highest BCUT2D eigenvalue weighted by Crippen LogP contribution is 2.19. The van der Waals surface area contributed by atoms with Gasteiger partial charge in [-0.15, -0.1) is 11.3 Å². The van der Waals surface area contributed by atoms with Crippen LogP contribution in [-0.2, 0) is 16.4 Å². The van der Waals surface area contributed by atoms with E-state index in [0.29, 0.717) is 6.54 Å². The van der Waals surface area contributed by atoms with Crippen LogP contribution in [0.4, 0.5) is 4.79 Å². The molecule has 2 amide bonds. The minimum absolute atomic E-state index is 0.223. The van der Waals surface area contributed by atoms with E-state index in [4.69, 9.17) is 0 Å². The fraction of sp³-hybridized carbons (Fsp3) is 0.267. The first kappa shape index (κ1) is 18.0. The zero-order valence-electron chi connectivity index (χ0n) is 12.7. The van der Waals surface area contributed by atoms with Crippen molar-refractivity contribution < 1.29 is 13.2 Å². The number of hydrogen-bond acceptors (Lipinski definition) is 4. The summed E-state index contributed by atoms with van der Waals surface area (Å²) in [5, 5.41) is 7.58. The molecule has 0 saturated heterocycles. The summed E-state index contributed by atoms with van der Waals surface area (Å²) in [6.45, 7) is 2.30. The van der Waals surface area contributed by atoms with Crippen LogP contribution in [0.1, 0.15) is 23.4 Å². The third-order valence-corrected chi connectivity index (χ3v) is 6.03. The Bertz CT molecular complexity index is 785. The van der Waals surface area contributed by atoms with Crippen LogP contribution >= 0.6 is 27.3 Å². The van der Waals surface area contributed by atoms with Crippen molar-refractivity contribution in [2.24, 2.45) is 0 Å². The molecule has 0 bridgehead atoms. The van der Waals surface area contributed by atoms with Gasteiger partial charge in [-0.1, -0.05) is 12.1 Å². The predicted molar refractivity (Wildman–Crippen MR) is 95.4 cm³/mol. The summed E-state index contributed by atoms with van der Waals surface area (Å²) in [7, 11) is -3.21. The standard InChI is InChI=1S/C15H17BrN2O3S2/c1-10(11-3-5-14(6-4-11)23(2,20)21)18-15(19)17-8-13-7-12(16)9-22-13/h3-7,9-10H,8H2,1-2H3,(H2,17,18,19). The van der Waals surface area contributed by atoms with E-state index in [9.17, 15) is 13.2 Å². The molecule has 1 heterocycles. The summed E-state index contributed by atoms with van der Waals surface area (Å²) in [6.07, 6.45) is 1.17. The SMILES string of the molecule is CC(NC(=O)NCc1cc(Br)cs1)c1ccc(S(C)(=O)=O)cc1. The summed E-state index contributed by atoms with van der Waals surface area (Å²) in [4.78, 5) is 13.2. The third kappa shape index (κ3) is 5.33. The molecule has 0 fully saturated rings. The number of rotatable bonds is 5. The summed E-state index contributed by atoms with van der Waals surface area (Å²) >= 11 is 4.93. The third-order valence-electron chi connectivity index (χ3n) is 3.20. The van der Waals surface area contributed by atoms with Gasteiger partial charge in [-0.25, -0.2) is 13.2 Å². The van der Waals surface area contributed by atoms with Gasteiger partial charge in [0.15, 0.2) is 9.84 Å². The number of benzene rings is 1. The first-order valence-corrected chi connectivity index (χ1v) is 10.4. The molecule has 0 aliphatic carbocycles. The van der Waals surface area contributed by atoms with Crippen LogP contribution in [0.5, 0.6) is 0 Å². The number of hydrogen-bond donors (Lipinski definition) is 2. The van der Waals surface area contributed by atoms with Gasteiger partial charge in [0, 0.05) is 21.0 Å². The highest BCUT2D eigenvalue weighted by atomic mass is 79.9. The minimum atomic E-state index is -3.21. The molecule has 23 heavy (non-hydrogen) atoms. The molecule has 124 valence electrons. The highest BCUT2D eigenvalue weighted by molar-refractivity contribution is 9.10. The van der Waals surface area contributed by atoms with Gasteiger partial charge in [0.05, 0.1) is 17.5 Å². The van der Waals surface area contributed by atoms with Crippen molar-refractivity contribution >= 4 is 43.1 Å². The van der Waals surface area contributed by atoms with E-state index in [-0.39, 0.29) is 17.0 Å². The molecule has 0 spiro atoms. The molecule has 0 saturated carbocycles. The quantitative estimate of drug-likeness (QED) is 0.782. The lowest BCUT2D eigenvalue weighted by Gasteiger charge is -2.15. The van der Waals surface area contributed by atoms with Crippen LogP contribution in [0, 0.1) is 0 Å². The van der Waals surface area contributed by atoms with Gasteiger partial charge < -0.3 is 10.6 Å². The molecule has 8 heteroatoms. The average molecular weight is 417 g/mol. The van der Waals surface area contributed by atoms with E-state index in [1.54, 1.807) is 35.6 Å². The fourth-order valence-electron chi connectivity index (χ4n) is 1.95. The van der Waals surface area contributed by atoms with Gasteiger partial charge in [0.1, 0.15) is 0 Å². The van der Waals surface area contributed by atoms with E-state index in [2.05, 4.69) is 26.6 Å². The van der Waals surface area contributed by atoms with Gasteiger partial charge >= 0.3 is 6.03 Å². The Kier molecular flexibility index (Phi) is 5.83. The Labute approximate surface area is 148 Å². The van der Waals surface area contributed by atoms with E-state index in [0.717, 1.165) is 14.9 Å². The summed E-state index contributed by atoms with van der Waals surface area (Å²) in [6, 6.07) is 7.97. The summed E-state index contributed by atoms with van der Waals surface area (Å²) < 4.78 is 23.9. The predicted octanol–water partition coefficient (Wildman–Crippen LogP) is 3.47. The largest absolute Gasteiger partial charge is 0.333 e. The van der Waals surface area contributed by atoms with E-state index >= 15 is 0 Å². The smallest absolute Gasteiger partial charge is 0.315 e. The van der Waals surface area contributed by atoms with Crippen molar-refractivity contribution in [3.05, 3.63) is 50.6 Å². The van der Waals surface area contributed by atoms with E-state index in [1.807, 2.05) is 18.4 Å². The number of thiophene rings is 1. The zero-order chi connectivity index (χ0) is 17.0. The zero-order valence-corrected chi connectivity index (χ0v) is 15.9. The van der Waals surface area contributed by atoms with Crippen LogP contribution in [0.25, 0.3) is 0 Å². The van der Waals surface area contributed by atoms with Crippen molar-refractivity contribution in [3.8, 4) is 0 Å². The number of sulfone groups is 1. The van der Waals surface area contributed by atoms with Gasteiger partial charge in [-0.05, 0) is 46.6 Å². The monoisotopic (exact) mass is 416 g/mol. The number of carbonyl (C=O) groups excluding carboxylic acids is 1. The van der Waals surface area contributed by atoms with Crippen molar-refractivity contribution in [3.63, 3.8) is 0 Å². The average Bonchev–Trinajstić information content (AvgIpc) is 2.90. The van der Waals surface area contributed by atoms with Gasteiger partial charge in [0.25, 0.3) is 0 Å². The minimum Gasteiger partial charge on any atom is -0.333 e. The molecular formula is C15H17BrN2O3S2. The number of nitrogens with one attached hydrogen (secondary N) is 2. The van der Waals surface area contributed by atoms with Crippen LogP contribution in [0.2, 0.25) is 0 Å². The van der Waals surface area contributed by atoms with Crippen molar-refractivity contribution in [2.75, 3.05) is 6.26 Å². The Morgan fingerprint density at radius 1 is 1.30 bits per heavy atom. The topological polar surface area (TPSA) is 75.3 Å². The molecule has 1 aromatic heterocycles. The molecular weight excluding hydrogens is 400 g/mol. The summed E-state index contributed by atoms with van der Waals surface area (Å²) in [5.41, 5.74) is 0.839. The van der Waals surface area contributed by atoms with Crippen molar-refractivity contribution in [1.29, 1.82) is 0 Å². The lowest BCUT2D eigenvalue weighted by atomic mass is 10.1. The van der Waals surface area contributed by atoms with Crippen LogP contribution < -0.4 is 10.6 Å². The van der Waals surface area contributed by atoms with Crippen LogP contribution in [0.3, 0.4) is 0 Å². The summed E-state index contributed by atoms with van der Waals surface area (Å²) in [5.74, 6) is 0. The molecule has 1 aromatic carbocycles. The molecule has 0 aliphatic heterocycles.